The van der Waals surface area contributed by atoms with Gasteiger partial charge in [-0.2, -0.15) is 0 Å². The molecule has 0 radical (unpaired) electrons. The number of rotatable bonds is 3. The van der Waals surface area contributed by atoms with Crippen molar-refractivity contribution in [3.05, 3.63) is 33.8 Å². The Labute approximate surface area is 109 Å². The van der Waals surface area contributed by atoms with E-state index in [-0.39, 0.29) is 10.6 Å². The van der Waals surface area contributed by atoms with E-state index in [4.69, 9.17) is 0 Å². The van der Waals surface area contributed by atoms with E-state index in [1.54, 1.807) is 0 Å². The van der Waals surface area contributed by atoms with Gasteiger partial charge >= 0.3 is 0 Å². The van der Waals surface area contributed by atoms with Gasteiger partial charge in [0.2, 0.25) is 0 Å². The number of hydrogen-bond donors (Lipinski definition) is 0. The monoisotopic (exact) mass is 382 g/mol. The summed E-state index contributed by atoms with van der Waals surface area (Å²) in [5.41, 5.74) is 1.78. The van der Waals surface area contributed by atoms with Gasteiger partial charge in [0, 0.05) is 15.4 Å². The Balaban J connectivity index is 3.14. The highest BCUT2D eigenvalue weighted by Gasteiger charge is 2.15. The molecule has 0 aromatic heterocycles. The molecular weight excluding hydrogens is 376 g/mol. The highest BCUT2D eigenvalue weighted by molar-refractivity contribution is 9.10. The van der Waals surface area contributed by atoms with Crippen LogP contribution in [0.4, 0.5) is 0 Å². The highest BCUT2D eigenvalue weighted by atomic mass is 79.9. The summed E-state index contributed by atoms with van der Waals surface area (Å²) in [4.78, 5) is 11.6. The normalized spacial score (nSPS) is 12.6. The van der Waals surface area contributed by atoms with Crippen LogP contribution in [0.25, 0.3) is 0 Å². The molecule has 0 bridgehead atoms. The fourth-order valence-corrected chi connectivity index (χ4v) is 2.25. The van der Waals surface area contributed by atoms with Crippen molar-refractivity contribution in [1.29, 1.82) is 0 Å². The maximum atomic E-state index is 11.8. The second-order valence-corrected chi connectivity index (χ2v) is 5.77. The van der Waals surface area contributed by atoms with Gasteiger partial charge < -0.3 is 0 Å². The second-order valence-electron chi connectivity index (χ2n) is 2.92. The van der Waals surface area contributed by atoms with Crippen molar-refractivity contribution in [2.45, 2.75) is 17.1 Å². The number of hydrogen-bond acceptors (Lipinski definition) is 1. The topological polar surface area (TPSA) is 17.1 Å². The van der Waals surface area contributed by atoms with Crippen molar-refractivity contribution in [3.63, 3.8) is 0 Å². The van der Waals surface area contributed by atoms with Crippen LogP contribution in [0.15, 0.2) is 22.7 Å². The first-order chi connectivity index (χ1) is 6.56. The van der Waals surface area contributed by atoms with Crippen LogP contribution in [0.1, 0.15) is 22.8 Å². The van der Waals surface area contributed by atoms with Crippen molar-refractivity contribution >= 4 is 53.6 Å². The van der Waals surface area contributed by atoms with Crippen LogP contribution in [0, 0.1) is 0 Å². The summed E-state index contributed by atoms with van der Waals surface area (Å²) in [5.74, 6) is 0.118. The zero-order chi connectivity index (χ0) is 10.7. The summed E-state index contributed by atoms with van der Waals surface area (Å²) in [6, 6.07) is 5.69. The van der Waals surface area contributed by atoms with Gasteiger partial charge in [0.15, 0.2) is 5.78 Å². The first-order valence-electron chi connectivity index (χ1n) is 4.09. The molecule has 14 heavy (non-hydrogen) atoms. The molecular formula is C10H9Br3O. The molecule has 1 unspecified atom stereocenters. The maximum absolute atomic E-state index is 11.8. The number of carbonyl (C=O) groups excluding carboxylic acids is 1. The summed E-state index contributed by atoms with van der Waals surface area (Å²) >= 11 is 10.0. The van der Waals surface area contributed by atoms with Gasteiger partial charge in [0.05, 0.1) is 4.83 Å². The minimum atomic E-state index is -0.138. The fourth-order valence-electron chi connectivity index (χ4n) is 1.13. The number of halogens is 3. The molecule has 1 aromatic rings. The molecule has 4 heteroatoms. The second kappa shape index (κ2) is 5.42. The molecule has 1 rings (SSSR count). The summed E-state index contributed by atoms with van der Waals surface area (Å²) in [6.07, 6.45) is 0. The Hall–Kier alpha value is 0.330. The van der Waals surface area contributed by atoms with Gasteiger partial charge in [0.25, 0.3) is 0 Å². The van der Waals surface area contributed by atoms with Crippen LogP contribution in [0.2, 0.25) is 0 Å². The molecule has 0 aliphatic carbocycles. The Kier molecular flexibility index (Phi) is 4.80. The lowest BCUT2D eigenvalue weighted by atomic mass is 10.0. The molecule has 76 valence electrons. The highest BCUT2D eigenvalue weighted by Crippen LogP contribution is 2.21. The Morgan fingerprint density at radius 3 is 2.64 bits per heavy atom. The maximum Gasteiger partial charge on any atom is 0.176 e. The Morgan fingerprint density at radius 2 is 2.14 bits per heavy atom. The molecule has 0 N–H and O–H groups in total. The third kappa shape index (κ3) is 2.91. The lowest BCUT2D eigenvalue weighted by Crippen LogP contribution is -2.12. The largest absolute Gasteiger partial charge is 0.293 e. The summed E-state index contributed by atoms with van der Waals surface area (Å²) in [5, 5.41) is 0.688. The third-order valence-corrected chi connectivity index (χ3v) is 3.35. The predicted molar refractivity (Wildman–Crippen MR) is 69.5 cm³/mol. The van der Waals surface area contributed by atoms with Gasteiger partial charge in [-0.1, -0.05) is 47.8 Å². The smallest absolute Gasteiger partial charge is 0.176 e. The Morgan fingerprint density at radius 1 is 1.50 bits per heavy atom. The number of benzene rings is 1. The van der Waals surface area contributed by atoms with E-state index in [0.29, 0.717) is 5.33 Å². The standard InChI is InChI=1S/C10H9Br3O/c1-6(12)10(14)9-3-2-8(13)4-7(9)5-11/h2-4,6H,5H2,1H3. The molecule has 0 aliphatic rings. The summed E-state index contributed by atoms with van der Waals surface area (Å²) in [6.45, 7) is 1.84. The van der Waals surface area contributed by atoms with Crippen LogP contribution in [0.3, 0.4) is 0 Å². The Bertz CT molecular complexity index is 347. The van der Waals surface area contributed by atoms with E-state index in [1.807, 2.05) is 25.1 Å². The van der Waals surface area contributed by atoms with Gasteiger partial charge in [-0.05, 0) is 30.7 Å². The van der Waals surface area contributed by atoms with Gasteiger partial charge in [-0.3, -0.25) is 4.79 Å². The summed E-state index contributed by atoms with van der Waals surface area (Å²) < 4.78 is 0.991. The van der Waals surface area contributed by atoms with Crippen LogP contribution in [-0.2, 0) is 5.33 Å². The van der Waals surface area contributed by atoms with E-state index in [0.717, 1.165) is 15.6 Å². The molecule has 1 aromatic carbocycles. The average Bonchev–Trinajstić information content (AvgIpc) is 2.16. The van der Waals surface area contributed by atoms with E-state index in [9.17, 15) is 4.79 Å². The van der Waals surface area contributed by atoms with E-state index >= 15 is 0 Å². The molecule has 1 nitrogen and oxygen atoms in total. The van der Waals surface area contributed by atoms with E-state index in [1.165, 1.54) is 0 Å². The molecule has 0 amide bonds. The van der Waals surface area contributed by atoms with E-state index < -0.39 is 0 Å². The van der Waals surface area contributed by atoms with Crippen LogP contribution < -0.4 is 0 Å². The lowest BCUT2D eigenvalue weighted by Gasteiger charge is -2.08. The van der Waals surface area contributed by atoms with Gasteiger partial charge in [-0.15, -0.1) is 0 Å². The summed E-state index contributed by atoms with van der Waals surface area (Å²) in [7, 11) is 0. The fraction of sp³-hybridized carbons (Fsp3) is 0.300. The molecule has 1 atom stereocenters. The first-order valence-corrected chi connectivity index (χ1v) is 6.92. The zero-order valence-corrected chi connectivity index (χ0v) is 12.3. The number of alkyl halides is 2. The minimum absolute atomic E-state index is 0.118. The number of carbonyl (C=O) groups is 1. The van der Waals surface area contributed by atoms with Gasteiger partial charge in [0.1, 0.15) is 0 Å². The molecule has 0 saturated carbocycles. The molecule has 0 heterocycles. The number of ketones is 1. The third-order valence-electron chi connectivity index (χ3n) is 1.84. The predicted octanol–water partition coefficient (Wildman–Crippen LogP) is 4.31. The molecule has 0 fully saturated rings. The quantitative estimate of drug-likeness (QED) is 0.560. The SMILES string of the molecule is CC(Br)C(=O)c1ccc(Br)cc1CBr. The van der Waals surface area contributed by atoms with Gasteiger partial charge in [-0.25, -0.2) is 0 Å². The van der Waals surface area contributed by atoms with Crippen LogP contribution in [0.5, 0.6) is 0 Å². The van der Waals surface area contributed by atoms with Crippen molar-refractivity contribution < 1.29 is 4.79 Å². The van der Waals surface area contributed by atoms with Crippen molar-refractivity contribution in [1.82, 2.24) is 0 Å². The molecule has 0 aliphatic heterocycles. The molecule has 0 spiro atoms. The molecule has 0 saturated heterocycles. The van der Waals surface area contributed by atoms with Crippen molar-refractivity contribution in [3.8, 4) is 0 Å². The lowest BCUT2D eigenvalue weighted by molar-refractivity contribution is 0.0995. The number of Topliss-reactive ketones (excluding diaryl/α,β-unsaturated/α-hetero) is 1. The first kappa shape index (κ1) is 12.4. The van der Waals surface area contributed by atoms with E-state index in [2.05, 4.69) is 47.8 Å². The van der Waals surface area contributed by atoms with Crippen LogP contribution >= 0.6 is 47.8 Å². The average molecular weight is 385 g/mol. The van der Waals surface area contributed by atoms with Crippen molar-refractivity contribution in [2.75, 3.05) is 0 Å². The van der Waals surface area contributed by atoms with Crippen LogP contribution in [-0.4, -0.2) is 10.6 Å². The van der Waals surface area contributed by atoms with Crippen molar-refractivity contribution in [2.24, 2.45) is 0 Å². The zero-order valence-electron chi connectivity index (χ0n) is 7.56. The minimum Gasteiger partial charge on any atom is -0.293 e.